The zero-order chi connectivity index (χ0) is 17.8. The van der Waals surface area contributed by atoms with Crippen LogP contribution in [0.4, 0.5) is 13.2 Å². The molecule has 1 unspecified atom stereocenters. The molecule has 1 fully saturated rings. The lowest BCUT2D eigenvalue weighted by atomic mass is 9.94. The number of pyridine rings is 2. The highest BCUT2D eigenvalue weighted by molar-refractivity contribution is 5.74. The lowest BCUT2D eigenvalue weighted by Crippen LogP contribution is -2.39. The summed E-state index contributed by atoms with van der Waals surface area (Å²) in [5, 5.41) is 14.5. The molecular weight excluding hydrogens is 331 g/mol. The van der Waals surface area contributed by atoms with E-state index in [1.54, 1.807) is 4.52 Å². The monoisotopic (exact) mass is 347 g/mol. The highest BCUT2D eigenvalue weighted by Crippen LogP contribution is 2.47. The van der Waals surface area contributed by atoms with Crippen molar-refractivity contribution in [2.24, 2.45) is 0 Å². The molecule has 3 aromatic rings. The Morgan fingerprint density at radius 3 is 2.64 bits per heavy atom. The first kappa shape index (κ1) is 16.1. The van der Waals surface area contributed by atoms with Crippen molar-refractivity contribution in [1.29, 1.82) is 0 Å². The van der Waals surface area contributed by atoms with Crippen LogP contribution in [-0.4, -0.2) is 25.9 Å². The largest absolute Gasteiger partial charge is 0.421 e. The van der Waals surface area contributed by atoms with Crippen LogP contribution in [0.25, 0.3) is 16.8 Å². The molecular formula is C18H16F3N3O. The van der Waals surface area contributed by atoms with Crippen LogP contribution < -0.4 is 0 Å². The number of aliphatic hydroxyl groups is 1. The van der Waals surface area contributed by atoms with Crippen molar-refractivity contribution < 1.29 is 18.3 Å². The number of fused-ring (bicyclic) bond motifs is 1. The molecule has 3 aromatic heterocycles. The van der Waals surface area contributed by atoms with Gasteiger partial charge in [0.05, 0.1) is 11.2 Å². The number of nitrogens with zero attached hydrogens (tertiary/aromatic N) is 3. The van der Waals surface area contributed by atoms with Crippen molar-refractivity contribution in [3.63, 3.8) is 0 Å². The van der Waals surface area contributed by atoms with Crippen LogP contribution in [0.5, 0.6) is 0 Å². The van der Waals surface area contributed by atoms with Gasteiger partial charge in [-0.2, -0.15) is 18.3 Å². The fraction of sp³-hybridized carbons (Fsp3) is 0.333. The first-order valence-corrected chi connectivity index (χ1v) is 8.01. The van der Waals surface area contributed by atoms with Gasteiger partial charge in [0.1, 0.15) is 0 Å². The minimum Gasteiger partial charge on any atom is -0.376 e. The van der Waals surface area contributed by atoms with Crippen LogP contribution in [0.15, 0.2) is 42.9 Å². The van der Waals surface area contributed by atoms with Gasteiger partial charge in [0.2, 0.25) is 0 Å². The molecule has 0 amide bonds. The van der Waals surface area contributed by atoms with E-state index < -0.39 is 11.8 Å². The van der Waals surface area contributed by atoms with Crippen LogP contribution in [0.1, 0.15) is 36.8 Å². The first-order valence-electron chi connectivity index (χ1n) is 8.01. The zero-order valence-electron chi connectivity index (χ0n) is 13.5. The molecule has 0 aliphatic heterocycles. The smallest absolute Gasteiger partial charge is 0.376 e. The van der Waals surface area contributed by atoms with Crippen LogP contribution >= 0.6 is 0 Å². The van der Waals surface area contributed by atoms with Crippen molar-refractivity contribution in [3.8, 4) is 11.3 Å². The summed E-state index contributed by atoms with van der Waals surface area (Å²) in [6.45, 7) is 0.735. The molecule has 25 heavy (non-hydrogen) atoms. The minimum atomic E-state index is -4.79. The molecule has 0 saturated heterocycles. The van der Waals surface area contributed by atoms with E-state index in [1.165, 1.54) is 12.3 Å². The van der Waals surface area contributed by atoms with E-state index in [-0.39, 0.29) is 5.56 Å². The zero-order valence-corrected chi connectivity index (χ0v) is 13.5. The molecule has 4 nitrogen and oxygen atoms in total. The van der Waals surface area contributed by atoms with Gasteiger partial charge in [-0.3, -0.25) is 4.98 Å². The van der Waals surface area contributed by atoms with Crippen molar-refractivity contribution in [2.45, 2.75) is 37.5 Å². The second kappa shape index (κ2) is 5.29. The molecule has 1 N–H and O–H groups in total. The van der Waals surface area contributed by atoms with Crippen LogP contribution in [0.2, 0.25) is 0 Å². The Kier molecular flexibility index (Phi) is 3.40. The SMILES string of the molecule is CC(O)(c1cncc(-c2nn3ccccc3c2C2CC2)c1)C(F)(F)F. The Balaban J connectivity index is 1.88. The molecule has 3 heterocycles. The number of rotatable bonds is 3. The summed E-state index contributed by atoms with van der Waals surface area (Å²) in [6.07, 6.45) is 1.64. The third-order valence-electron chi connectivity index (χ3n) is 4.69. The Morgan fingerprint density at radius 2 is 1.96 bits per heavy atom. The minimum absolute atomic E-state index is 0.295. The quantitative estimate of drug-likeness (QED) is 0.778. The van der Waals surface area contributed by atoms with Gasteiger partial charge >= 0.3 is 6.18 Å². The van der Waals surface area contributed by atoms with Gasteiger partial charge in [-0.15, -0.1) is 0 Å². The molecule has 7 heteroatoms. The number of alkyl halides is 3. The van der Waals surface area contributed by atoms with Crippen molar-refractivity contribution >= 4 is 5.52 Å². The van der Waals surface area contributed by atoms with Gasteiger partial charge in [0.25, 0.3) is 0 Å². The second-order valence-electron chi connectivity index (χ2n) is 6.60. The van der Waals surface area contributed by atoms with Crippen molar-refractivity contribution in [1.82, 2.24) is 14.6 Å². The fourth-order valence-electron chi connectivity index (χ4n) is 3.00. The number of hydrogen-bond acceptors (Lipinski definition) is 3. The van der Waals surface area contributed by atoms with Crippen LogP contribution in [0, 0.1) is 0 Å². The fourth-order valence-corrected chi connectivity index (χ4v) is 3.00. The van der Waals surface area contributed by atoms with Gasteiger partial charge in [0.15, 0.2) is 5.60 Å². The predicted octanol–water partition coefficient (Wildman–Crippen LogP) is 4.04. The Labute approximate surface area is 141 Å². The maximum Gasteiger partial charge on any atom is 0.421 e. The summed E-state index contributed by atoms with van der Waals surface area (Å²) in [6, 6.07) is 7.04. The lowest BCUT2D eigenvalue weighted by molar-refractivity contribution is -0.259. The molecule has 0 aromatic carbocycles. The standard InChI is InChI=1S/C18H16F3N3O/c1-17(25,18(19,20)21)13-8-12(9-22-10-13)16-15(11-5-6-11)14-4-2-3-7-24(14)23-16/h2-4,7-11,25H,5-6H2,1H3. The number of aromatic nitrogens is 3. The molecule has 1 atom stereocenters. The molecule has 1 saturated carbocycles. The summed E-state index contributed by atoms with van der Waals surface area (Å²) >= 11 is 0. The Morgan fingerprint density at radius 1 is 1.20 bits per heavy atom. The third-order valence-corrected chi connectivity index (χ3v) is 4.69. The van der Waals surface area contributed by atoms with Gasteiger partial charge in [0, 0.05) is 35.3 Å². The van der Waals surface area contributed by atoms with Gasteiger partial charge in [-0.05, 0) is 43.9 Å². The van der Waals surface area contributed by atoms with Gasteiger partial charge < -0.3 is 5.11 Å². The second-order valence-corrected chi connectivity index (χ2v) is 6.60. The summed E-state index contributed by atoms with van der Waals surface area (Å²) in [4.78, 5) is 3.92. The predicted molar refractivity (Wildman–Crippen MR) is 86.0 cm³/mol. The van der Waals surface area contributed by atoms with E-state index in [0.717, 1.165) is 37.0 Å². The summed E-state index contributed by atoms with van der Waals surface area (Å²) in [5.41, 5.74) is -0.168. The van der Waals surface area contributed by atoms with Crippen molar-refractivity contribution in [3.05, 3.63) is 54.0 Å². The molecule has 0 radical (unpaired) electrons. The summed E-state index contributed by atoms with van der Waals surface area (Å²) < 4.78 is 41.2. The maximum atomic E-state index is 13.1. The molecule has 4 rings (SSSR count). The van der Waals surface area contributed by atoms with E-state index >= 15 is 0 Å². The van der Waals surface area contributed by atoms with Gasteiger partial charge in [-0.25, -0.2) is 4.52 Å². The average molecular weight is 347 g/mol. The van der Waals surface area contributed by atoms with E-state index in [2.05, 4.69) is 10.1 Å². The van der Waals surface area contributed by atoms with E-state index in [9.17, 15) is 18.3 Å². The van der Waals surface area contributed by atoms with Crippen molar-refractivity contribution in [2.75, 3.05) is 0 Å². The first-order chi connectivity index (χ1) is 11.8. The molecule has 1 aliphatic rings. The van der Waals surface area contributed by atoms with E-state index in [0.29, 0.717) is 17.2 Å². The molecule has 0 bridgehead atoms. The average Bonchev–Trinajstić information content (AvgIpc) is 3.33. The van der Waals surface area contributed by atoms with Crippen LogP contribution in [-0.2, 0) is 5.60 Å². The van der Waals surface area contributed by atoms with E-state index in [4.69, 9.17) is 0 Å². The topological polar surface area (TPSA) is 50.4 Å². The normalized spacial score (nSPS) is 17.6. The highest BCUT2D eigenvalue weighted by atomic mass is 19.4. The third kappa shape index (κ3) is 2.59. The summed E-state index contributed by atoms with van der Waals surface area (Å²) in [7, 11) is 0. The number of hydrogen-bond donors (Lipinski definition) is 1. The number of halogens is 3. The maximum absolute atomic E-state index is 13.1. The lowest BCUT2D eigenvalue weighted by Gasteiger charge is -2.26. The highest BCUT2D eigenvalue weighted by Gasteiger charge is 2.51. The Hall–Kier alpha value is -2.41. The Bertz CT molecular complexity index is 942. The molecule has 1 aliphatic carbocycles. The van der Waals surface area contributed by atoms with E-state index in [1.807, 2.05) is 24.4 Å². The van der Waals surface area contributed by atoms with Crippen LogP contribution in [0.3, 0.4) is 0 Å². The summed E-state index contributed by atoms with van der Waals surface area (Å²) in [5.74, 6) is 0.363. The van der Waals surface area contributed by atoms with Gasteiger partial charge in [-0.1, -0.05) is 6.07 Å². The molecule has 130 valence electrons. The molecule has 0 spiro atoms.